The Kier molecular flexibility index (Phi) is 7.24. The molecule has 0 saturated carbocycles. The molecule has 0 bridgehead atoms. The average Bonchev–Trinajstić information content (AvgIpc) is 3.38. The van der Waals surface area contributed by atoms with E-state index in [2.05, 4.69) is 15.5 Å². The third-order valence-electron chi connectivity index (χ3n) is 4.31. The van der Waals surface area contributed by atoms with Crippen LogP contribution < -0.4 is 5.32 Å². The summed E-state index contributed by atoms with van der Waals surface area (Å²) in [6.45, 7) is 8.81. The van der Waals surface area contributed by atoms with Gasteiger partial charge in [0.1, 0.15) is 0 Å². The van der Waals surface area contributed by atoms with Gasteiger partial charge in [0.05, 0.1) is 4.90 Å². The fraction of sp³-hybridized carbons (Fsp3) is 0.381. The van der Waals surface area contributed by atoms with Gasteiger partial charge in [0.2, 0.25) is 10.0 Å². The number of nitrogens with zero attached hydrogens (tertiary/aromatic N) is 3. The molecule has 0 atom stereocenters. The number of amides is 1. The maximum atomic E-state index is 13.1. The Balaban J connectivity index is 1.73. The largest absolute Gasteiger partial charge is 0.403 e. The number of benzene rings is 1. The lowest BCUT2D eigenvalue weighted by Gasteiger charge is -2.25. The number of aromatic nitrogens is 2. The smallest absolute Gasteiger partial charge is 0.322 e. The van der Waals surface area contributed by atoms with Crippen LogP contribution >= 0.6 is 11.3 Å². The number of carbonyl (C=O) groups excluding carboxylic acids is 1. The number of hydrogen-bond donors (Lipinski definition) is 1. The van der Waals surface area contributed by atoms with Gasteiger partial charge in [-0.3, -0.25) is 10.1 Å². The van der Waals surface area contributed by atoms with Crippen LogP contribution in [0.1, 0.15) is 38.1 Å². The Morgan fingerprint density at radius 2 is 1.71 bits per heavy atom. The highest BCUT2D eigenvalue weighted by Crippen LogP contribution is 2.23. The summed E-state index contributed by atoms with van der Waals surface area (Å²) in [5, 5.41) is 14.0. The van der Waals surface area contributed by atoms with Gasteiger partial charge in [-0.15, -0.1) is 5.10 Å². The SMILES string of the molecule is CC(C)CN(CC(C)C)S(=O)(=O)c1ccc(C(=O)Nc2nnc(-c3ccsc3)o2)cc1. The van der Waals surface area contributed by atoms with Crippen LogP contribution in [0.2, 0.25) is 0 Å². The number of anilines is 1. The summed E-state index contributed by atoms with van der Waals surface area (Å²) in [5.41, 5.74) is 1.06. The van der Waals surface area contributed by atoms with Crippen molar-refractivity contribution >= 4 is 33.3 Å². The molecule has 3 aromatic rings. The molecule has 0 unspecified atom stereocenters. The molecule has 0 aliphatic heterocycles. The summed E-state index contributed by atoms with van der Waals surface area (Å²) < 4.78 is 33.1. The summed E-state index contributed by atoms with van der Waals surface area (Å²) in [6.07, 6.45) is 0. The molecule has 1 N–H and O–H groups in total. The Morgan fingerprint density at radius 1 is 1.06 bits per heavy atom. The first-order chi connectivity index (χ1) is 14.7. The zero-order valence-electron chi connectivity index (χ0n) is 17.9. The highest BCUT2D eigenvalue weighted by molar-refractivity contribution is 7.89. The molecule has 10 heteroatoms. The molecule has 0 radical (unpaired) electrons. The van der Waals surface area contributed by atoms with E-state index >= 15 is 0 Å². The minimum absolute atomic E-state index is 0.0251. The van der Waals surface area contributed by atoms with E-state index in [0.29, 0.717) is 19.0 Å². The summed E-state index contributed by atoms with van der Waals surface area (Å²) >= 11 is 1.50. The van der Waals surface area contributed by atoms with E-state index in [4.69, 9.17) is 4.42 Å². The number of rotatable bonds is 9. The van der Waals surface area contributed by atoms with Gasteiger partial charge in [-0.1, -0.05) is 32.8 Å². The maximum absolute atomic E-state index is 13.1. The highest BCUT2D eigenvalue weighted by atomic mass is 32.2. The number of thiophene rings is 1. The molecule has 31 heavy (non-hydrogen) atoms. The monoisotopic (exact) mass is 462 g/mol. The van der Waals surface area contributed by atoms with Crippen LogP contribution in [0.5, 0.6) is 0 Å². The molecule has 0 saturated heterocycles. The van der Waals surface area contributed by atoms with Gasteiger partial charge in [0.15, 0.2) is 0 Å². The standard InChI is InChI=1S/C21H26N4O4S2/c1-14(2)11-25(12-15(3)4)31(27,28)18-7-5-16(6-8-18)19(26)22-21-24-23-20(29-21)17-9-10-30-13-17/h5-10,13-15H,11-12H2,1-4H3,(H,22,24,26). The fourth-order valence-corrected chi connectivity index (χ4v) is 5.36. The second-order valence-electron chi connectivity index (χ2n) is 8.01. The molecule has 1 aromatic carbocycles. The topological polar surface area (TPSA) is 105 Å². The van der Waals surface area contributed by atoms with Crippen LogP contribution in [-0.4, -0.2) is 41.9 Å². The van der Waals surface area contributed by atoms with Crippen LogP contribution in [0.15, 0.2) is 50.4 Å². The van der Waals surface area contributed by atoms with E-state index in [-0.39, 0.29) is 28.3 Å². The van der Waals surface area contributed by atoms with E-state index in [0.717, 1.165) is 5.56 Å². The molecule has 2 aromatic heterocycles. The van der Waals surface area contributed by atoms with Gasteiger partial charge < -0.3 is 4.42 Å². The Hall–Kier alpha value is -2.56. The highest BCUT2D eigenvalue weighted by Gasteiger charge is 2.26. The Labute approximate surface area is 186 Å². The molecule has 166 valence electrons. The summed E-state index contributed by atoms with van der Waals surface area (Å²) in [5.74, 6) is 0.248. The minimum atomic E-state index is -3.65. The first-order valence-corrected chi connectivity index (χ1v) is 12.3. The van der Waals surface area contributed by atoms with Crippen LogP contribution in [0.4, 0.5) is 6.01 Å². The van der Waals surface area contributed by atoms with Gasteiger partial charge in [0, 0.05) is 29.6 Å². The molecule has 1 amide bonds. The van der Waals surface area contributed by atoms with Gasteiger partial charge in [-0.25, -0.2) is 8.42 Å². The molecule has 2 heterocycles. The van der Waals surface area contributed by atoms with Crippen molar-refractivity contribution < 1.29 is 17.6 Å². The lowest BCUT2D eigenvalue weighted by atomic mass is 10.2. The minimum Gasteiger partial charge on any atom is -0.403 e. The van der Waals surface area contributed by atoms with Crippen molar-refractivity contribution in [2.45, 2.75) is 32.6 Å². The van der Waals surface area contributed by atoms with E-state index < -0.39 is 15.9 Å². The lowest BCUT2D eigenvalue weighted by molar-refractivity contribution is 0.102. The van der Waals surface area contributed by atoms with E-state index in [9.17, 15) is 13.2 Å². The van der Waals surface area contributed by atoms with Gasteiger partial charge in [0.25, 0.3) is 11.8 Å². The van der Waals surface area contributed by atoms with Gasteiger partial charge in [-0.05, 0) is 47.5 Å². The average molecular weight is 463 g/mol. The zero-order valence-corrected chi connectivity index (χ0v) is 19.5. The number of nitrogens with one attached hydrogen (secondary N) is 1. The van der Waals surface area contributed by atoms with Crippen LogP contribution in [0, 0.1) is 11.8 Å². The van der Waals surface area contributed by atoms with Crippen molar-refractivity contribution in [2.75, 3.05) is 18.4 Å². The lowest BCUT2D eigenvalue weighted by Crippen LogP contribution is -2.37. The maximum Gasteiger partial charge on any atom is 0.322 e. The Bertz CT molecular complexity index is 1090. The number of sulfonamides is 1. The molecular formula is C21H26N4O4S2. The number of hydrogen-bond acceptors (Lipinski definition) is 7. The molecular weight excluding hydrogens is 436 g/mol. The molecule has 8 nitrogen and oxygen atoms in total. The van der Waals surface area contributed by atoms with Gasteiger partial charge in [-0.2, -0.15) is 15.6 Å². The second-order valence-corrected chi connectivity index (χ2v) is 10.7. The summed E-state index contributed by atoms with van der Waals surface area (Å²) in [7, 11) is -3.65. The fourth-order valence-electron chi connectivity index (χ4n) is 2.96. The zero-order chi connectivity index (χ0) is 22.6. The molecule has 0 aliphatic rings. The van der Waals surface area contributed by atoms with E-state index in [1.165, 1.54) is 39.9 Å². The third kappa shape index (κ3) is 5.78. The van der Waals surface area contributed by atoms with Crippen LogP contribution in [0.25, 0.3) is 11.5 Å². The van der Waals surface area contributed by atoms with Crippen molar-refractivity contribution in [3.8, 4) is 11.5 Å². The van der Waals surface area contributed by atoms with Crippen molar-refractivity contribution in [1.29, 1.82) is 0 Å². The molecule has 0 spiro atoms. The quantitative estimate of drug-likeness (QED) is 0.507. The van der Waals surface area contributed by atoms with Crippen LogP contribution in [-0.2, 0) is 10.0 Å². The Morgan fingerprint density at radius 3 is 2.26 bits per heavy atom. The molecule has 0 fully saturated rings. The normalized spacial score (nSPS) is 12.1. The summed E-state index contributed by atoms with van der Waals surface area (Å²) in [4.78, 5) is 12.7. The van der Waals surface area contributed by atoms with Crippen LogP contribution in [0.3, 0.4) is 0 Å². The predicted octanol–water partition coefficient (Wildman–Crippen LogP) is 4.35. The van der Waals surface area contributed by atoms with Gasteiger partial charge >= 0.3 is 6.01 Å². The van der Waals surface area contributed by atoms with Crippen molar-refractivity contribution in [2.24, 2.45) is 11.8 Å². The number of carbonyl (C=O) groups is 1. The first-order valence-electron chi connectivity index (χ1n) is 9.94. The molecule has 3 rings (SSSR count). The van der Waals surface area contributed by atoms with Crippen molar-refractivity contribution in [3.63, 3.8) is 0 Å². The first kappa shape index (κ1) is 23.1. The van der Waals surface area contributed by atoms with E-state index in [1.54, 1.807) is 0 Å². The predicted molar refractivity (Wildman–Crippen MR) is 120 cm³/mol. The third-order valence-corrected chi connectivity index (χ3v) is 6.83. The second kappa shape index (κ2) is 9.71. The van der Waals surface area contributed by atoms with Crippen molar-refractivity contribution in [1.82, 2.24) is 14.5 Å². The van der Waals surface area contributed by atoms with Crippen molar-refractivity contribution in [3.05, 3.63) is 46.7 Å². The molecule has 0 aliphatic carbocycles. The summed E-state index contributed by atoms with van der Waals surface area (Å²) in [6, 6.07) is 7.65. The van der Waals surface area contributed by atoms with E-state index in [1.807, 2.05) is 44.5 Å².